The molecular formula is C8H14ClHgNO. The second kappa shape index (κ2) is 5.43. The van der Waals surface area contributed by atoms with E-state index in [4.69, 9.17) is 8.25 Å². The average molecular weight is 376 g/mol. The van der Waals surface area contributed by atoms with Crippen LogP contribution in [0.25, 0.3) is 0 Å². The molecular weight excluding hydrogens is 362 g/mol. The molecule has 1 aliphatic rings. The molecule has 0 saturated heterocycles. The molecule has 0 aliphatic heterocycles. The molecule has 0 aromatic rings. The van der Waals surface area contributed by atoms with Crippen molar-refractivity contribution in [2.45, 2.75) is 42.1 Å². The molecule has 0 spiro atoms. The van der Waals surface area contributed by atoms with Gasteiger partial charge in [0.25, 0.3) is 0 Å². The quantitative estimate of drug-likeness (QED) is 0.735. The summed E-state index contributed by atoms with van der Waals surface area (Å²) >= 11 is -1.15. The van der Waals surface area contributed by atoms with Gasteiger partial charge in [0.1, 0.15) is 0 Å². The molecule has 1 fully saturated rings. The molecule has 0 aromatic heterocycles. The van der Waals surface area contributed by atoms with Crippen molar-refractivity contribution in [3.8, 4) is 0 Å². The van der Waals surface area contributed by atoms with Gasteiger partial charge in [-0.2, -0.15) is 0 Å². The number of carbonyl (C=O) groups excluding carboxylic acids is 1. The van der Waals surface area contributed by atoms with E-state index in [2.05, 4.69) is 5.32 Å². The van der Waals surface area contributed by atoms with Crippen LogP contribution in [0.4, 0.5) is 0 Å². The van der Waals surface area contributed by atoms with Crippen LogP contribution < -0.4 is 5.32 Å². The maximum absolute atomic E-state index is 10.8. The molecule has 0 bridgehead atoms. The van der Waals surface area contributed by atoms with Crippen molar-refractivity contribution in [1.82, 2.24) is 5.32 Å². The van der Waals surface area contributed by atoms with Gasteiger partial charge in [-0.1, -0.05) is 0 Å². The molecule has 0 heterocycles. The predicted molar refractivity (Wildman–Crippen MR) is 45.7 cm³/mol. The molecule has 1 aliphatic carbocycles. The zero-order valence-corrected chi connectivity index (χ0v) is 13.7. The van der Waals surface area contributed by atoms with Gasteiger partial charge in [-0.15, -0.1) is 0 Å². The van der Waals surface area contributed by atoms with E-state index >= 15 is 0 Å². The molecule has 2 nitrogen and oxygen atoms in total. The number of hydrogen-bond acceptors (Lipinski definition) is 1. The van der Waals surface area contributed by atoms with Gasteiger partial charge in [-0.25, -0.2) is 0 Å². The standard InChI is InChI=1S/C8H14NO.ClH.Hg/c1-7(10)9-8-5-3-2-4-6-8;;/h5,8H,2-4,6H2,1H3,(H,9,10);1H;/q;;+1/p-1/t8-;;/m0../s1. The number of hydrogen-bond donors (Lipinski definition) is 1. The van der Waals surface area contributed by atoms with E-state index in [1.54, 1.807) is 6.92 Å². The molecule has 1 amide bonds. The number of amides is 1. The summed E-state index contributed by atoms with van der Waals surface area (Å²) in [5.41, 5.74) is 0. The minimum absolute atomic E-state index is 0.102. The van der Waals surface area contributed by atoms with Crippen molar-refractivity contribution >= 4 is 14.2 Å². The second-order valence-electron chi connectivity index (χ2n) is 3.51. The Morgan fingerprint density at radius 3 is 2.75 bits per heavy atom. The molecule has 1 N–H and O–H groups in total. The van der Waals surface area contributed by atoms with E-state index in [1.165, 1.54) is 19.3 Å². The van der Waals surface area contributed by atoms with E-state index in [1.807, 2.05) is 0 Å². The van der Waals surface area contributed by atoms with Gasteiger partial charge >= 0.3 is 89.7 Å². The van der Waals surface area contributed by atoms with E-state index in [9.17, 15) is 4.79 Å². The van der Waals surface area contributed by atoms with E-state index in [-0.39, 0.29) is 5.91 Å². The van der Waals surface area contributed by atoms with Gasteiger partial charge in [0.2, 0.25) is 0 Å². The maximum atomic E-state index is 10.8. The van der Waals surface area contributed by atoms with Crippen LogP contribution in [0.1, 0.15) is 32.6 Å². The summed E-state index contributed by atoms with van der Waals surface area (Å²) < 4.78 is 0.712. The normalized spacial score (nSPS) is 29.2. The third-order valence-corrected chi connectivity index (χ3v) is 11.3. The van der Waals surface area contributed by atoms with Crippen molar-refractivity contribution in [1.29, 1.82) is 0 Å². The second-order valence-corrected chi connectivity index (χ2v) is 11.5. The zero-order valence-electron chi connectivity index (χ0n) is 7.48. The van der Waals surface area contributed by atoms with Crippen molar-refractivity contribution < 1.29 is 28.1 Å². The Morgan fingerprint density at radius 2 is 2.17 bits per heavy atom. The summed E-state index contributed by atoms with van der Waals surface area (Å²) in [4.78, 5) is 10.8. The average Bonchev–Trinajstić information content (AvgIpc) is 2.04. The number of nitrogens with one attached hydrogen (secondary N) is 1. The number of carbonyl (C=O) groups is 1. The monoisotopic (exact) mass is 377 g/mol. The van der Waals surface area contributed by atoms with E-state index in [0.29, 0.717) is 9.47 Å². The third kappa shape index (κ3) is 3.21. The van der Waals surface area contributed by atoms with Crippen molar-refractivity contribution in [2.24, 2.45) is 0 Å². The van der Waals surface area contributed by atoms with Crippen molar-refractivity contribution in [3.63, 3.8) is 0 Å². The first-order valence-corrected chi connectivity index (χ1v) is 14.5. The first kappa shape index (κ1) is 10.8. The number of rotatable bonds is 2. The molecule has 1 rings (SSSR count). The fourth-order valence-corrected chi connectivity index (χ4v) is 9.02. The van der Waals surface area contributed by atoms with Crippen LogP contribution >= 0.6 is 8.25 Å². The van der Waals surface area contributed by atoms with Crippen molar-refractivity contribution in [3.05, 3.63) is 0 Å². The van der Waals surface area contributed by atoms with Gasteiger partial charge in [0, 0.05) is 0 Å². The van der Waals surface area contributed by atoms with Crippen LogP contribution in [0.15, 0.2) is 0 Å². The van der Waals surface area contributed by atoms with Crippen LogP contribution in [0.2, 0.25) is 3.43 Å². The van der Waals surface area contributed by atoms with Crippen LogP contribution in [0.3, 0.4) is 0 Å². The van der Waals surface area contributed by atoms with Crippen molar-refractivity contribution in [2.75, 3.05) is 0 Å². The summed E-state index contributed by atoms with van der Waals surface area (Å²) in [7, 11) is 6.03. The van der Waals surface area contributed by atoms with Gasteiger partial charge in [-0.3, -0.25) is 0 Å². The van der Waals surface area contributed by atoms with Crippen LogP contribution in [0, 0.1) is 0 Å². The summed E-state index contributed by atoms with van der Waals surface area (Å²) in [5, 5.41) is 3.01. The molecule has 66 valence electrons. The Morgan fingerprint density at radius 1 is 1.50 bits per heavy atom. The minimum atomic E-state index is -1.15. The Balaban J connectivity index is 2.41. The van der Waals surface area contributed by atoms with Crippen LogP contribution in [-0.2, 0) is 28.1 Å². The Hall–Kier alpha value is 0.695. The predicted octanol–water partition coefficient (Wildman–Crippen LogP) is 2.09. The molecule has 4 heteroatoms. The van der Waals surface area contributed by atoms with Crippen LogP contribution in [-0.4, -0.2) is 11.9 Å². The molecule has 2 atom stereocenters. The topological polar surface area (TPSA) is 29.1 Å². The molecule has 0 unspecified atom stereocenters. The fourth-order valence-electron chi connectivity index (χ4n) is 1.84. The van der Waals surface area contributed by atoms with Gasteiger partial charge in [-0.05, 0) is 0 Å². The first-order chi connectivity index (χ1) is 5.74. The summed E-state index contributed by atoms with van der Waals surface area (Å²) in [6, 6.07) is 0.426. The zero-order chi connectivity index (χ0) is 8.97. The number of halogens is 1. The van der Waals surface area contributed by atoms with E-state index < -0.39 is 23.3 Å². The van der Waals surface area contributed by atoms with Crippen LogP contribution in [0.5, 0.6) is 0 Å². The third-order valence-electron chi connectivity index (χ3n) is 2.50. The fraction of sp³-hybridized carbons (Fsp3) is 0.875. The summed E-state index contributed by atoms with van der Waals surface area (Å²) in [6.45, 7) is 1.59. The van der Waals surface area contributed by atoms with E-state index in [0.717, 1.165) is 6.42 Å². The summed E-state index contributed by atoms with van der Waals surface area (Å²) in [6.07, 6.45) is 4.98. The Labute approximate surface area is 89.3 Å². The molecule has 12 heavy (non-hydrogen) atoms. The Bertz CT molecular complexity index is 165. The first-order valence-electron chi connectivity index (χ1n) is 4.57. The SMILES string of the molecule is CC(=O)N[C@@H]1CCCC[C@H]1[Hg][Cl]. The Kier molecular flexibility index (Phi) is 4.88. The molecule has 0 radical (unpaired) electrons. The molecule has 1 saturated carbocycles. The molecule has 0 aromatic carbocycles. The summed E-state index contributed by atoms with van der Waals surface area (Å²) in [5.74, 6) is 0.102. The van der Waals surface area contributed by atoms with Gasteiger partial charge in [0.05, 0.1) is 0 Å². The van der Waals surface area contributed by atoms with Gasteiger partial charge in [0.15, 0.2) is 0 Å². The van der Waals surface area contributed by atoms with Gasteiger partial charge < -0.3 is 0 Å².